The highest BCUT2D eigenvalue weighted by molar-refractivity contribution is 5.89. The van der Waals surface area contributed by atoms with Crippen molar-refractivity contribution >= 4 is 17.6 Å². The standard InChI is InChI=1S/C17H26N4O3/c1-5-19-8-6-7-13(14(19)22)18-16(24)21-11-9-20(10-12-21)15(23)17(2,3)4/h6-8H,5,9-12H2,1-4H3,(H,18,24). The molecule has 1 fully saturated rings. The Labute approximate surface area is 142 Å². The van der Waals surface area contributed by atoms with Crippen molar-refractivity contribution in [3.63, 3.8) is 0 Å². The van der Waals surface area contributed by atoms with Crippen LogP contribution in [0.5, 0.6) is 0 Å². The Bertz CT molecular complexity index is 667. The zero-order valence-corrected chi connectivity index (χ0v) is 14.8. The van der Waals surface area contributed by atoms with Crippen LogP contribution in [-0.4, -0.2) is 52.5 Å². The average molecular weight is 334 g/mol. The fourth-order valence-corrected chi connectivity index (χ4v) is 2.66. The molecule has 1 aromatic heterocycles. The Kier molecular flexibility index (Phi) is 5.31. The van der Waals surface area contributed by atoms with Crippen molar-refractivity contribution in [2.45, 2.75) is 34.2 Å². The summed E-state index contributed by atoms with van der Waals surface area (Å²) in [5.74, 6) is 0.0939. The van der Waals surface area contributed by atoms with Crippen LogP contribution in [0, 0.1) is 5.41 Å². The number of anilines is 1. The summed E-state index contributed by atoms with van der Waals surface area (Å²) >= 11 is 0. The van der Waals surface area contributed by atoms with Crippen LogP contribution in [0.1, 0.15) is 27.7 Å². The summed E-state index contributed by atoms with van der Waals surface area (Å²) in [5, 5.41) is 2.68. The quantitative estimate of drug-likeness (QED) is 0.892. The first-order chi connectivity index (χ1) is 11.2. The minimum Gasteiger partial charge on any atom is -0.339 e. The van der Waals surface area contributed by atoms with Gasteiger partial charge in [0.05, 0.1) is 0 Å². The number of aryl methyl sites for hydroxylation is 1. The number of aromatic nitrogens is 1. The van der Waals surface area contributed by atoms with E-state index in [0.29, 0.717) is 32.7 Å². The molecule has 1 N–H and O–H groups in total. The van der Waals surface area contributed by atoms with Crippen molar-refractivity contribution in [2.24, 2.45) is 5.41 Å². The van der Waals surface area contributed by atoms with E-state index < -0.39 is 5.41 Å². The highest BCUT2D eigenvalue weighted by Crippen LogP contribution is 2.18. The molecular weight excluding hydrogens is 308 g/mol. The minimum absolute atomic E-state index is 0.0939. The van der Waals surface area contributed by atoms with E-state index in [9.17, 15) is 14.4 Å². The summed E-state index contributed by atoms with van der Waals surface area (Å²) in [6, 6.07) is 3.04. The third-order valence-electron chi connectivity index (χ3n) is 4.10. The number of carbonyl (C=O) groups is 2. The topological polar surface area (TPSA) is 74.7 Å². The van der Waals surface area contributed by atoms with Gasteiger partial charge in [-0.2, -0.15) is 0 Å². The third-order valence-corrected chi connectivity index (χ3v) is 4.10. The monoisotopic (exact) mass is 334 g/mol. The third kappa shape index (κ3) is 3.96. The molecule has 1 aliphatic rings. The number of piperazine rings is 1. The van der Waals surface area contributed by atoms with Crippen LogP contribution in [0.2, 0.25) is 0 Å². The second-order valence-electron chi connectivity index (χ2n) is 6.97. The van der Waals surface area contributed by atoms with Gasteiger partial charge in [-0.25, -0.2) is 4.79 Å². The van der Waals surface area contributed by atoms with Crippen LogP contribution in [0.15, 0.2) is 23.1 Å². The van der Waals surface area contributed by atoms with Crippen LogP contribution in [0.25, 0.3) is 0 Å². The first-order valence-corrected chi connectivity index (χ1v) is 8.28. The first-order valence-electron chi connectivity index (χ1n) is 8.28. The summed E-state index contributed by atoms with van der Waals surface area (Å²) in [4.78, 5) is 40.2. The molecule has 1 aliphatic heterocycles. The molecule has 0 aromatic carbocycles. The molecule has 0 saturated carbocycles. The van der Waals surface area contributed by atoms with E-state index in [1.807, 2.05) is 27.7 Å². The van der Waals surface area contributed by atoms with Gasteiger partial charge in [0.15, 0.2) is 0 Å². The van der Waals surface area contributed by atoms with Crippen LogP contribution in [0.3, 0.4) is 0 Å². The predicted molar refractivity (Wildman–Crippen MR) is 93.0 cm³/mol. The van der Waals surface area contributed by atoms with E-state index in [4.69, 9.17) is 0 Å². The maximum atomic E-state index is 12.4. The molecule has 1 aromatic rings. The van der Waals surface area contributed by atoms with E-state index in [0.717, 1.165) is 0 Å². The number of hydrogen-bond donors (Lipinski definition) is 1. The van der Waals surface area contributed by atoms with Gasteiger partial charge >= 0.3 is 6.03 Å². The lowest BCUT2D eigenvalue weighted by Crippen LogP contribution is -2.54. The fourth-order valence-electron chi connectivity index (χ4n) is 2.66. The largest absolute Gasteiger partial charge is 0.339 e. The highest BCUT2D eigenvalue weighted by Gasteiger charge is 2.30. The van der Waals surface area contributed by atoms with Gasteiger partial charge in [0, 0.05) is 44.3 Å². The molecule has 0 atom stereocenters. The summed E-state index contributed by atoms with van der Waals surface area (Å²) in [7, 11) is 0. The van der Waals surface area contributed by atoms with Gasteiger partial charge in [0.25, 0.3) is 5.56 Å². The zero-order valence-electron chi connectivity index (χ0n) is 14.8. The van der Waals surface area contributed by atoms with E-state index in [-0.39, 0.29) is 23.2 Å². The number of pyridine rings is 1. The van der Waals surface area contributed by atoms with Crippen molar-refractivity contribution in [2.75, 3.05) is 31.5 Å². The summed E-state index contributed by atoms with van der Waals surface area (Å²) in [6.07, 6.45) is 1.69. The van der Waals surface area contributed by atoms with Crippen LogP contribution in [0.4, 0.5) is 10.5 Å². The second kappa shape index (κ2) is 7.07. The molecule has 1 saturated heterocycles. The Hall–Kier alpha value is -2.31. The van der Waals surface area contributed by atoms with Crippen molar-refractivity contribution < 1.29 is 9.59 Å². The lowest BCUT2D eigenvalue weighted by molar-refractivity contribution is -0.140. The molecule has 132 valence electrons. The first kappa shape index (κ1) is 18.0. The van der Waals surface area contributed by atoms with E-state index in [1.54, 1.807) is 28.1 Å². The molecule has 7 nitrogen and oxygen atoms in total. The molecule has 2 rings (SSSR count). The maximum Gasteiger partial charge on any atom is 0.322 e. The second-order valence-corrected chi connectivity index (χ2v) is 6.97. The van der Waals surface area contributed by atoms with E-state index in [1.165, 1.54) is 4.57 Å². The number of nitrogens with one attached hydrogen (secondary N) is 1. The Morgan fingerprint density at radius 3 is 2.25 bits per heavy atom. The molecule has 0 spiro atoms. The number of amides is 3. The van der Waals surface area contributed by atoms with Gasteiger partial charge in [-0.05, 0) is 19.1 Å². The molecule has 0 bridgehead atoms. The Balaban J connectivity index is 1.97. The molecular formula is C17H26N4O3. The SMILES string of the molecule is CCn1cccc(NC(=O)N2CCN(C(=O)C(C)(C)C)CC2)c1=O. The normalized spacial score (nSPS) is 15.3. The molecule has 0 radical (unpaired) electrons. The molecule has 7 heteroatoms. The lowest BCUT2D eigenvalue weighted by Gasteiger charge is -2.37. The van der Waals surface area contributed by atoms with Gasteiger partial charge in [-0.15, -0.1) is 0 Å². The van der Waals surface area contributed by atoms with Crippen molar-refractivity contribution in [1.29, 1.82) is 0 Å². The van der Waals surface area contributed by atoms with Crippen LogP contribution >= 0.6 is 0 Å². The Morgan fingerprint density at radius 2 is 1.71 bits per heavy atom. The number of urea groups is 1. The number of hydrogen-bond acceptors (Lipinski definition) is 3. The maximum absolute atomic E-state index is 12.4. The van der Waals surface area contributed by atoms with Crippen LogP contribution < -0.4 is 10.9 Å². The van der Waals surface area contributed by atoms with E-state index in [2.05, 4.69) is 5.32 Å². The smallest absolute Gasteiger partial charge is 0.322 e. The molecule has 2 heterocycles. The number of rotatable bonds is 2. The van der Waals surface area contributed by atoms with Gasteiger partial charge in [0.1, 0.15) is 5.69 Å². The lowest BCUT2D eigenvalue weighted by atomic mass is 9.94. The number of carbonyl (C=O) groups excluding carboxylic acids is 2. The minimum atomic E-state index is -0.417. The van der Waals surface area contributed by atoms with Gasteiger partial charge in [-0.1, -0.05) is 20.8 Å². The molecule has 24 heavy (non-hydrogen) atoms. The molecule has 0 unspecified atom stereocenters. The molecule has 0 aliphatic carbocycles. The van der Waals surface area contributed by atoms with Crippen molar-refractivity contribution in [3.8, 4) is 0 Å². The van der Waals surface area contributed by atoms with Gasteiger partial charge in [-0.3, -0.25) is 9.59 Å². The summed E-state index contributed by atoms with van der Waals surface area (Å²) < 4.78 is 1.54. The van der Waals surface area contributed by atoms with Gasteiger partial charge in [0.2, 0.25) is 5.91 Å². The summed E-state index contributed by atoms with van der Waals surface area (Å²) in [6.45, 7) is 10.0. The van der Waals surface area contributed by atoms with Crippen molar-refractivity contribution in [1.82, 2.24) is 14.4 Å². The predicted octanol–water partition coefficient (Wildman–Crippen LogP) is 1.59. The summed E-state index contributed by atoms with van der Waals surface area (Å²) in [5.41, 5.74) is -0.355. The zero-order chi connectivity index (χ0) is 17.9. The number of nitrogens with zero attached hydrogens (tertiary/aromatic N) is 3. The van der Waals surface area contributed by atoms with Gasteiger partial charge < -0.3 is 19.7 Å². The molecule has 3 amide bonds. The van der Waals surface area contributed by atoms with Crippen LogP contribution in [-0.2, 0) is 11.3 Å². The fraction of sp³-hybridized carbons (Fsp3) is 0.588. The average Bonchev–Trinajstić information content (AvgIpc) is 2.55. The Morgan fingerprint density at radius 1 is 1.12 bits per heavy atom. The highest BCUT2D eigenvalue weighted by atomic mass is 16.2. The van der Waals surface area contributed by atoms with Crippen molar-refractivity contribution in [3.05, 3.63) is 28.7 Å². The van der Waals surface area contributed by atoms with E-state index >= 15 is 0 Å².